The van der Waals surface area contributed by atoms with Gasteiger partial charge >= 0.3 is 0 Å². The summed E-state index contributed by atoms with van der Waals surface area (Å²) in [5, 5.41) is 14.3. The van der Waals surface area contributed by atoms with Crippen molar-refractivity contribution in [1.29, 1.82) is 5.26 Å². The SMILES string of the molecule is COc1cc2c(cc1S(N)(=O)=O)CCN(Cc1cccc(C#N)c1)C2. The van der Waals surface area contributed by atoms with Gasteiger partial charge in [-0.1, -0.05) is 12.1 Å². The van der Waals surface area contributed by atoms with Gasteiger partial charge in [0.2, 0.25) is 10.0 Å². The van der Waals surface area contributed by atoms with Crippen molar-refractivity contribution in [3.63, 3.8) is 0 Å². The summed E-state index contributed by atoms with van der Waals surface area (Å²) in [6, 6.07) is 13.1. The summed E-state index contributed by atoms with van der Waals surface area (Å²) in [6.07, 6.45) is 0.736. The lowest BCUT2D eigenvalue weighted by Crippen LogP contribution is -2.30. The molecule has 0 saturated heterocycles. The molecule has 0 aromatic heterocycles. The van der Waals surface area contributed by atoms with Crippen molar-refractivity contribution in [2.75, 3.05) is 13.7 Å². The van der Waals surface area contributed by atoms with Crippen LogP contribution in [0.5, 0.6) is 5.75 Å². The largest absolute Gasteiger partial charge is 0.495 e. The normalized spacial score (nSPS) is 14.6. The predicted molar refractivity (Wildman–Crippen MR) is 93.3 cm³/mol. The minimum atomic E-state index is -3.82. The number of methoxy groups -OCH3 is 1. The van der Waals surface area contributed by atoms with Crippen molar-refractivity contribution in [1.82, 2.24) is 4.90 Å². The molecule has 0 atom stereocenters. The van der Waals surface area contributed by atoms with E-state index < -0.39 is 10.0 Å². The highest BCUT2D eigenvalue weighted by molar-refractivity contribution is 7.89. The molecule has 6 nitrogen and oxygen atoms in total. The van der Waals surface area contributed by atoms with Gasteiger partial charge in [-0.3, -0.25) is 4.90 Å². The first-order valence-corrected chi connectivity index (χ1v) is 9.39. The third-order valence-corrected chi connectivity index (χ3v) is 5.28. The maximum Gasteiger partial charge on any atom is 0.241 e. The van der Waals surface area contributed by atoms with Crippen molar-refractivity contribution < 1.29 is 13.2 Å². The van der Waals surface area contributed by atoms with Crippen molar-refractivity contribution in [3.8, 4) is 11.8 Å². The van der Waals surface area contributed by atoms with Crippen LogP contribution in [0.4, 0.5) is 0 Å². The monoisotopic (exact) mass is 357 g/mol. The molecule has 0 bridgehead atoms. The number of benzene rings is 2. The highest BCUT2D eigenvalue weighted by atomic mass is 32.2. The summed E-state index contributed by atoms with van der Waals surface area (Å²) in [5.74, 6) is 0.273. The lowest BCUT2D eigenvalue weighted by atomic mass is 9.98. The number of nitrogens with two attached hydrogens (primary N) is 1. The van der Waals surface area contributed by atoms with E-state index in [9.17, 15) is 8.42 Å². The van der Waals surface area contributed by atoms with Crippen LogP contribution < -0.4 is 9.88 Å². The Balaban J connectivity index is 1.85. The molecule has 0 amide bonds. The van der Waals surface area contributed by atoms with Gasteiger partial charge in [0.05, 0.1) is 18.7 Å². The van der Waals surface area contributed by atoms with E-state index in [-0.39, 0.29) is 10.6 Å². The van der Waals surface area contributed by atoms with Crippen molar-refractivity contribution in [3.05, 3.63) is 58.7 Å². The van der Waals surface area contributed by atoms with E-state index in [0.717, 1.165) is 36.2 Å². The lowest BCUT2D eigenvalue weighted by Gasteiger charge is -2.29. The van der Waals surface area contributed by atoms with Crippen LogP contribution in [0.1, 0.15) is 22.3 Å². The quantitative estimate of drug-likeness (QED) is 0.899. The van der Waals surface area contributed by atoms with Crippen molar-refractivity contribution in [2.45, 2.75) is 24.4 Å². The molecule has 1 aliphatic heterocycles. The number of rotatable bonds is 4. The van der Waals surface area contributed by atoms with Gasteiger partial charge in [0.25, 0.3) is 0 Å². The van der Waals surface area contributed by atoms with E-state index >= 15 is 0 Å². The topological polar surface area (TPSA) is 96.4 Å². The molecule has 0 radical (unpaired) electrons. The van der Waals surface area contributed by atoms with Crippen LogP contribution >= 0.6 is 0 Å². The maximum absolute atomic E-state index is 11.7. The molecule has 0 spiro atoms. The first-order valence-electron chi connectivity index (χ1n) is 7.84. The molecule has 1 aliphatic rings. The average molecular weight is 357 g/mol. The molecular weight excluding hydrogens is 338 g/mol. The van der Waals surface area contributed by atoms with Gasteiger partial charge in [-0.15, -0.1) is 0 Å². The van der Waals surface area contributed by atoms with Crippen LogP contribution in [0.2, 0.25) is 0 Å². The number of sulfonamides is 1. The highest BCUT2D eigenvalue weighted by Crippen LogP contribution is 2.30. The molecule has 130 valence electrons. The highest BCUT2D eigenvalue weighted by Gasteiger charge is 2.23. The first kappa shape index (κ1) is 17.4. The second-order valence-corrected chi connectivity index (χ2v) is 7.62. The van der Waals surface area contributed by atoms with Crippen LogP contribution in [0.3, 0.4) is 0 Å². The number of hydrogen-bond donors (Lipinski definition) is 1. The standard InChI is InChI=1S/C18H19N3O3S/c1-24-17-8-16-12-21(11-14-4-2-3-13(7-14)10-19)6-5-15(16)9-18(17)25(20,22)23/h2-4,7-9H,5-6,11-12H2,1H3,(H2,20,22,23). The average Bonchev–Trinajstić information content (AvgIpc) is 2.59. The first-order chi connectivity index (χ1) is 11.9. The molecule has 1 heterocycles. The fourth-order valence-electron chi connectivity index (χ4n) is 3.14. The fourth-order valence-corrected chi connectivity index (χ4v) is 3.87. The van der Waals surface area contributed by atoms with Crippen molar-refractivity contribution >= 4 is 10.0 Å². The molecule has 2 N–H and O–H groups in total. The number of nitrogens with zero attached hydrogens (tertiary/aromatic N) is 2. The van der Waals surface area contributed by atoms with Gasteiger partial charge in [-0.2, -0.15) is 5.26 Å². The summed E-state index contributed by atoms with van der Waals surface area (Å²) in [6.45, 7) is 2.22. The molecule has 7 heteroatoms. The van der Waals surface area contributed by atoms with E-state index in [1.54, 1.807) is 18.2 Å². The number of hydrogen-bond acceptors (Lipinski definition) is 5. The smallest absolute Gasteiger partial charge is 0.241 e. The summed E-state index contributed by atoms with van der Waals surface area (Å²) in [4.78, 5) is 2.29. The summed E-state index contributed by atoms with van der Waals surface area (Å²) >= 11 is 0. The Kier molecular flexibility index (Phi) is 4.77. The van der Waals surface area contributed by atoms with E-state index in [0.29, 0.717) is 12.1 Å². The van der Waals surface area contributed by atoms with Gasteiger partial charge in [-0.05, 0) is 47.4 Å². The molecule has 2 aromatic carbocycles. The molecule has 2 aromatic rings. The van der Waals surface area contributed by atoms with E-state index in [2.05, 4.69) is 11.0 Å². The van der Waals surface area contributed by atoms with Crippen molar-refractivity contribution in [2.24, 2.45) is 5.14 Å². The zero-order valence-electron chi connectivity index (χ0n) is 13.9. The Morgan fingerprint density at radius 1 is 1.28 bits per heavy atom. The summed E-state index contributed by atoms with van der Waals surface area (Å²) in [5.41, 5.74) is 3.74. The predicted octanol–water partition coefficient (Wildman–Crippen LogP) is 1.77. The van der Waals surface area contributed by atoms with E-state index in [4.69, 9.17) is 15.1 Å². The third-order valence-electron chi connectivity index (χ3n) is 4.35. The minimum absolute atomic E-state index is 0.0314. The number of nitriles is 1. The Hall–Kier alpha value is -2.40. The van der Waals surface area contributed by atoms with Crippen LogP contribution in [0.25, 0.3) is 0 Å². The molecule has 0 fully saturated rings. The zero-order valence-corrected chi connectivity index (χ0v) is 14.7. The Bertz CT molecular complexity index is 949. The maximum atomic E-state index is 11.7. The molecule has 0 saturated carbocycles. The van der Waals surface area contributed by atoms with Gasteiger partial charge in [0.1, 0.15) is 10.6 Å². The third kappa shape index (κ3) is 3.82. The van der Waals surface area contributed by atoms with Gasteiger partial charge in [-0.25, -0.2) is 13.6 Å². The molecular formula is C18H19N3O3S. The van der Waals surface area contributed by atoms with Crippen LogP contribution in [-0.2, 0) is 29.5 Å². The number of primary sulfonamides is 1. The Labute approximate surface area is 147 Å². The number of fused-ring (bicyclic) bond motifs is 1. The molecule has 25 heavy (non-hydrogen) atoms. The zero-order chi connectivity index (χ0) is 18.0. The summed E-state index contributed by atoms with van der Waals surface area (Å²) < 4.78 is 28.7. The fraction of sp³-hybridized carbons (Fsp3) is 0.278. The van der Waals surface area contributed by atoms with Crippen LogP contribution in [0, 0.1) is 11.3 Å². The Morgan fingerprint density at radius 3 is 2.76 bits per heavy atom. The Morgan fingerprint density at radius 2 is 2.08 bits per heavy atom. The van der Waals surface area contributed by atoms with Gasteiger partial charge in [0.15, 0.2) is 0 Å². The lowest BCUT2D eigenvalue weighted by molar-refractivity contribution is 0.244. The summed E-state index contributed by atoms with van der Waals surface area (Å²) in [7, 11) is -2.38. The second-order valence-electron chi connectivity index (χ2n) is 6.09. The van der Waals surface area contributed by atoms with E-state index in [1.165, 1.54) is 7.11 Å². The number of ether oxygens (including phenoxy) is 1. The minimum Gasteiger partial charge on any atom is -0.495 e. The van der Waals surface area contributed by atoms with E-state index in [1.807, 2.05) is 18.2 Å². The van der Waals surface area contributed by atoms with Crippen LogP contribution in [-0.4, -0.2) is 27.0 Å². The van der Waals surface area contributed by atoms with Gasteiger partial charge in [0, 0.05) is 19.6 Å². The molecule has 0 aliphatic carbocycles. The second kappa shape index (κ2) is 6.84. The van der Waals surface area contributed by atoms with Crippen LogP contribution in [0.15, 0.2) is 41.3 Å². The molecule has 3 rings (SSSR count). The van der Waals surface area contributed by atoms with Gasteiger partial charge < -0.3 is 4.74 Å². The molecule has 0 unspecified atom stereocenters.